The van der Waals surface area contributed by atoms with Crippen molar-refractivity contribution >= 4 is 17.3 Å². The van der Waals surface area contributed by atoms with Crippen LogP contribution in [-0.2, 0) is 6.54 Å². The Hall–Kier alpha value is -4.30. The number of hydrogen-bond acceptors (Lipinski definition) is 7. The molecule has 4 aromatic rings. The number of anilines is 2. The molecule has 1 aromatic heterocycles. The van der Waals surface area contributed by atoms with E-state index in [9.17, 15) is 10.1 Å². The quantitative estimate of drug-likeness (QED) is 0.283. The molecule has 1 N–H and O–H groups in total. The Morgan fingerprint density at radius 2 is 1.36 bits per heavy atom. The summed E-state index contributed by atoms with van der Waals surface area (Å²) in [7, 11) is 0. The summed E-state index contributed by atoms with van der Waals surface area (Å²) in [5.41, 5.74) is 3.41. The van der Waals surface area contributed by atoms with Crippen molar-refractivity contribution in [2.45, 2.75) is 12.6 Å². The van der Waals surface area contributed by atoms with E-state index in [1.807, 2.05) is 47.4 Å². The summed E-state index contributed by atoms with van der Waals surface area (Å²) in [6.45, 7) is 3.21. The lowest BCUT2D eigenvalue weighted by Crippen LogP contribution is -2.48. The molecule has 36 heavy (non-hydrogen) atoms. The van der Waals surface area contributed by atoms with Gasteiger partial charge in [-0.1, -0.05) is 91.0 Å². The second kappa shape index (κ2) is 11.0. The summed E-state index contributed by atoms with van der Waals surface area (Å²) in [6.07, 6.45) is 1.40. The lowest BCUT2D eigenvalue weighted by atomic mass is 9.96. The van der Waals surface area contributed by atoms with Crippen molar-refractivity contribution in [3.63, 3.8) is 0 Å². The molecule has 1 saturated heterocycles. The Morgan fingerprint density at radius 3 is 1.92 bits per heavy atom. The third kappa shape index (κ3) is 5.18. The fraction of sp³-hybridized carbons (Fsp3) is 0.214. The maximum atomic E-state index is 12.1. The second-order valence-electron chi connectivity index (χ2n) is 8.74. The van der Waals surface area contributed by atoms with E-state index >= 15 is 0 Å². The first-order valence-corrected chi connectivity index (χ1v) is 12.1. The van der Waals surface area contributed by atoms with Gasteiger partial charge in [-0.15, -0.1) is 0 Å². The molecule has 0 unspecified atom stereocenters. The highest BCUT2D eigenvalue weighted by atomic mass is 16.6. The third-order valence-corrected chi connectivity index (χ3v) is 6.50. The van der Waals surface area contributed by atoms with E-state index in [0.717, 1.165) is 18.7 Å². The largest absolute Gasteiger partial charge is 0.360 e. The minimum Gasteiger partial charge on any atom is -0.360 e. The Morgan fingerprint density at radius 1 is 0.806 bits per heavy atom. The smallest absolute Gasteiger partial charge is 0.353 e. The van der Waals surface area contributed by atoms with Crippen LogP contribution in [0, 0.1) is 10.1 Å². The maximum Gasteiger partial charge on any atom is 0.353 e. The van der Waals surface area contributed by atoms with Gasteiger partial charge in [-0.25, -0.2) is 9.97 Å². The number of piperazine rings is 1. The Bertz CT molecular complexity index is 1240. The van der Waals surface area contributed by atoms with E-state index in [1.54, 1.807) is 0 Å². The molecule has 8 nitrogen and oxygen atoms in total. The topological polar surface area (TPSA) is 87.4 Å². The van der Waals surface area contributed by atoms with Crippen molar-refractivity contribution in [2.75, 3.05) is 36.4 Å². The molecule has 5 rings (SSSR count). The van der Waals surface area contributed by atoms with Gasteiger partial charge in [0, 0.05) is 32.7 Å². The molecule has 8 heteroatoms. The lowest BCUT2D eigenvalue weighted by molar-refractivity contribution is -0.383. The van der Waals surface area contributed by atoms with Gasteiger partial charge in [-0.05, 0) is 16.7 Å². The van der Waals surface area contributed by atoms with E-state index in [4.69, 9.17) is 0 Å². The van der Waals surface area contributed by atoms with Gasteiger partial charge in [0.05, 0.1) is 11.0 Å². The molecule has 0 radical (unpaired) electrons. The zero-order valence-electron chi connectivity index (χ0n) is 19.9. The normalized spacial score (nSPS) is 14.1. The molecule has 3 aromatic carbocycles. The predicted molar refractivity (Wildman–Crippen MR) is 141 cm³/mol. The van der Waals surface area contributed by atoms with Crippen LogP contribution in [0.2, 0.25) is 0 Å². The summed E-state index contributed by atoms with van der Waals surface area (Å²) in [6, 6.07) is 30.8. The molecule has 0 saturated carbocycles. The van der Waals surface area contributed by atoms with Gasteiger partial charge in [0.15, 0.2) is 0 Å². The molecular formula is C28H28N6O2. The first-order valence-electron chi connectivity index (χ1n) is 12.1. The highest BCUT2D eigenvalue weighted by Gasteiger charge is 2.31. The fourth-order valence-electron chi connectivity index (χ4n) is 4.76. The van der Waals surface area contributed by atoms with Crippen LogP contribution in [0.15, 0.2) is 97.3 Å². The van der Waals surface area contributed by atoms with Crippen LogP contribution in [0.1, 0.15) is 22.7 Å². The lowest BCUT2D eigenvalue weighted by Gasteiger charge is -2.40. The number of aromatic nitrogens is 2. The summed E-state index contributed by atoms with van der Waals surface area (Å²) in [5, 5.41) is 15.2. The molecule has 1 aliphatic heterocycles. The van der Waals surface area contributed by atoms with Gasteiger partial charge in [0.2, 0.25) is 11.6 Å². The number of nitro groups is 1. The first kappa shape index (κ1) is 23.4. The van der Waals surface area contributed by atoms with Gasteiger partial charge >= 0.3 is 5.69 Å². The van der Waals surface area contributed by atoms with Gasteiger partial charge in [-0.3, -0.25) is 15.0 Å². The molecule has 0 atom stereocenters. The summed E-state index contributed by atoms with van der Waals surface area (Å²) in [5.74, 6) is 0.601. The standard InChI is InChI=1S/C28H28N6O2/c35-34(36)26-27(29-20-22-10-4-1-5-11-22)30-21-31-28(26)33-18-16-32(17-19-33)25(23-12-6-2-7-13-23)24-14-8-3-9-15-24/h1-15,21,25H,16-20H2,(H,29,30,31). The molecule has 2 heterocycles. The summed E-state index contributed by atoms with van der Waals surface area (Å²) < 4.78 is 0. The van der Waals surface area contributed by atoms with Crippen molar-refractivity contribution in [1.29, 1.82) is 0 Å². The van der Waals surface area contributed by atoms with E-state index in [-0.39, 0.29) is 22.5 Å². The minimum atomic E-state index is -0.383. The zero-order chi connectivity index (χ0) is 24.7. The van der Waals surface area contributed by atoms with Crippen molar-refractivity contribution in [3.05, 3.63) is 124 Å². The molecule has 0 amide bonds. The monoisotopic (exact) mass is 480 g/mol. The van der Waals surface area contributed by atoms with Gasteiger partial charge in [0.25, 0.3) is 0 Å². The van der Waals surface area contributed by atoms with Crippen molar-refractivity contribution in [3.8, 4) is 0 Å². The summed E-state index contributed by atoms with van der Waals surface area (Å²) >= 11 is 0. The highest BCUT2D eigenvalue weighted by Crippen LogP contribution is 2.34. The number of rotatable bonds is 8. The maximum absolute atomic E-state index is 12.1. The molecular weight excluding hydrogens is 452 g/mol. The Balaban J connectivity index is 1.35. The van der Waals surface area contributed by atoms with Crippen LogP contribution in [-0.4, -0.2) is 46.0 Å². The van der Waals surface area contributed by atoms with Crippen molar-refractivity contribution in [2.24, 2.45) is 0 Å². The fourth-order valence-corrected chi connectivity index (χ4v) is 4.76. The minimum absolute atomic E-state index is 0.0791. The highest BCUT2D eigenvalue weighted by molar-refractivity contribution is 5.70. The van der Waals surface area contributed by atoms with Crippen molar-refractivity contribution in [1.82, 2.24) is 14.9 Å². The SMILES string of the molecule is O=[N+]([O-])c1c(NCc2ccccc2)ncnc1N1CCN(C(c2ccccc2)c2ccccc2)CC1. The number of benzene rings is 3. The number of nitrogens with one attached hydrogen (secondary N) is 1. The van der Waals surface area contributed by atoms with E-state index in [0.29, 0.717) is 25.5 Å². The van der Waals surface area contributed by atoms with Crippen molar-refractivity contribution < 1.29 is 4.92 Å². The number of hydrogen-bond donors (Lipinski definition) is 1. The van der Waals surface area contributed by atoms with Crippen LogP contribution in [0.4, 0.5) is 17.3 Å². The first-order chi connectivity index (χ1) is 17.7. The van der Waals surface area contributed by atoms with Crippen LogP contribution in [0.3, 0.4) is 0 Å². The van der Waals surface area contributed by atoms with E-state index in [1.165, 1.54) is 17.5 Å². The van der Waals surface area contributed by atoms with Crippen LogP contribution in [0.25, 0.3) is 0 Å². The van der Waals surface area contributed by atoms with Crippen LogP contribution < -0.4 is 10.2 Å². The average Bonchev–Trinajstić information content (AvgIpc) is 2.94. The number of nitrogens with zero attached hydrogens (tertiary/aromatic N) is 5. The molecule has 0 spiro atoms. The predicted octanol–water partition coefficient (Wildman–Crippen LogP) is 4.91. The molecule has 182 valence electrons. The molecule has 1 aliphatic rings. The van der Waals surface area contributed by atoms with Gasteiger partial charge in [0.1, 0.15) is 6.33 Å². The molecule has 0 aliphatic carbocycles. The summed E-state index contributed by atoms with van der Waals surface area (Å²) in [4.78, 5) is 24.7. The second-order valence-corrected chi connectivity index (χ2v) is 8.74. The van der Waals surface area contributed by atoms with Crippen LogP contribution >= 0.6 is 0 Å². The Kier molecular flexibility index (Phi) is 7.14. The molecule has 1 fully saturated rings. The zero-order valence-corrected chi connectivity index (χ0v) is 19.9. The van der Waals surface area contributed by atoms with E-state index in [2.05, 4.69) is 68.7 Å². The average molecular weight is 481 g/mol. The third-order valence-electron chi connectivity index (χ3n) is 6.50. The van der Waals surface area contributed by atoms with Gasteiger partial charge in [-0.2, -0.15) is 0 Å². The van der Waals surface area contributed by atoms with Gasteiger partial charge < -0.3 is 10.2 Å². The van der Waals surface area contributed by atoms with Crippen LogP contribution in [0.5, 0.6) is 0 Å². The molecule has 0 bridgehead atoms. The van der Waals surface area contributed by atoms with E-state index < -0.39 is 0 Å². The Labute approximate surface area is 210 Å².